The second kappa shape index (κ2) is 5.32. The van der Waals surface area contributed by atoms with E-state index in [1.54, 1.807) is 18.0 Å². The van der Waals surface area contributed by atoms with Gasteiger partial charge in [0.05, 0.1) is 6.21 Å². The molecule has 1 N–H and O–H groups in total. The number of hydrogen-bond donors (Lipinski definition) is 1. The number of oxime groups is 1. The molecular formula is C12H10N2OS. The quantitative estimate of drug-likeness (QED) is 0.501. The molecule has 0 saturated heterocycles. The van der Waals surface area contributed by atoms with Crippen LogP contribution in [0.25, 0.3) is 0 Å². The lowest BCUT2D eigenvalue weighted by molar-refractivity contribution is 0.322. The zero-order valence-electron chi connectivity index (χ0n) is 8.45. The van der Waals surface area contributed by atoms with Crippen molar-refractivity contribution in [2.45, 2.75) is 9.92 Å². The Bertz CT molecular complexity index is 468. The fourth-order valence-electron chi connectivity index (χ4n) is 1.20. The Labute approximate surface area is 97.8 Å². The predicted molar refractivity (Wildman–Crippen MR) is 64.2 cm³/mol. The summed E-state index contributed by atoms with van der Waals surface area (Å²) >= 11 is 1.60. The summed E-state index contributed by atoms with van der Waals surface area (Å²) in [6.07, 6.45) is 3.02. The van der Waals surface area contributed by atoms with Crippen LogP contribution in [0.15, 0.2) is 63.7 Å². The summed E-state index contributed by atoms with van der Waals surface area (Å²) in [4.78, 5) is 5.40. The van der Waals surface area contributed by atoms with Crippen molar-refractivity contribution in [3.8, 4) is 0 Å². The van der Waals surface area contributed by atoms with Crippen LogP contribution < -0.4 is 0 Å². The maximum atomic E-state index is 8.36. The van der Waals surface area contributed by atoms with E-state index in [1.807, 2.05) is 42.5 Å². The first-order chi connectivity index (χ1) is 7.88. The maximum Gasteiger partial charge on any atom is 0.101 e. The summed E-state index contributed by atoms with van der Waals surface area (Å²) in [6.45, 7) is 0. The van der Waals surface area contributed by atoms with Crippen LogP contribution in [0.3, 0.4) is 0 Å². The molecule has 3 nitrogen and oxygen atoms in total. The van der Waals surface area contributed by atoms with Crippen molar-refractivity contribution >= 4 is 18.0 Å². The van der Waals surface area contributed by atoms with E-state index in [9.17, 15) is 0 Å². The molecule has 0 fully saturated rings. The molecule has 0 spiro atoms. The highest BCUT2D eigenvalue weighted by Crippen LogP contribution is 2.24. The van der Waals surface area contributed by atoms with E-state index < -0.39 is 0 Å². The van der Waals surface area contributed by atoms with Crippen LogP contribution in [-0.2, 0) is 0 Å². The third kappa shape index (κ3) is 2.84. The van der Waals surface area contributed by atoms with Crippen LogP contribution in [-0.4, -0.2) is 16.4 Å². The standard InChI is InChI=1S/C12H10N2OS/c15-14-9-10-6-7-12(13-8-10)16-11-4-2-1-3-5-11/h1-9,15H/b14-9+. The first-order valence-corrected chi connectivity index (χ1v) is 5.56. The molecule has 0 atom stereocenters. The topological polar surface area (TPSA) is 45.5 Å². The maximum absolute atomic E-state index is 8.36. The van der Waals surface area contributed by atoms with Crippen LogP contribution in [0.1, 0.15) is 5.56 Å². The highest BCUT2D eigenvalue weighted by atomic mass is 32.2. The Morgan fingerprint density at radius 3 is 2.56 bits per heavy atom. The molecule has 4 heteroatoms. The molecule has 0 aliphatic heterocycles. The van der Waals surface area contributed by atoms with Gasteiger partial charge in [0.25, 0.3) is 0 Å². The molecule has 80 valence electrons. The van der Waals surface area contributed by atoms with Gasteiger partial charge in [-0.2, -0.15) is 0 Å². The van der Waals surface area contributed by atoms with Gasteiger partial charge >= 0.3 is 0 Å². The Morgan fingerprint density at radius 2 is 1.94 bits per heavy atom. The number of nitrogens with zero attached hydrogens (tertiary/aromatic N) is 2. The fourth-order valence-corrected chi connectivity index (χ4v) is 1.98. The zero-order chi connectivity index (χ0) is 11.2. The second-order valence-corrected chi connectivity index (χ2v) is 4.18. The average Bonchev–Trinajstić information content (AvgIpc) is 2.33. The van der Waals surface area contributed by atoms with Gasteiger partial charge in [-0.1, -0.05) is 35.1 Å². The van der Waals surface area contributed by atoms with E-state index in [-0.39, 0.29) is 0 Å². The van der Waals surface area contributed by atoms with Crippen molar-refractivity contribution in [1.82, 2.24) is 4.98 Å². The SMILES string of the molecule is O/N=C/c1ccc(Sc2ccccc2)nc1. The van der Waals surface area contributed by atoms with Gasteiger partial charge in [-0.25, -0.2) is 4.98 Å². The number of benzene rings is 1. The van der Waals surface area contributed by atoms with Gasteiger partial charge in [0.2, 0.25) is 0 Å². The van der Waals surface area contributed by atoms with Crippen LogP contribution in [0.4, 0.5) is 0 Å². The Balaban J connectivity index is 2.11. The van der Waals surface area contributed by atoms with Crippen molar-refractivity contribution in [3.05, 3.63) is 54.2 Å². The zero-order valence-corrected chi connectivity index (χ0v) is 9.26. The van der Waals surface area contributed by atoms with E-state index in [0.717, 1.165) is 15.5 Å². The van der Waals surface area contributed by atoms with E-state index in [1.165, 1.54) is 6.21 Å². The molecule has 0 unspecified atom stereocenters. The van der Waals surface area contributed by atoms with Crippen LogP contribution in [0, 0.1) is 0 Å². The van der Waals surface area contributed by atoms with Gasteiger partial charge in [0.15, 0.2) is 0 Å². The normalized spacial score (nSPS) is 10.8. The van der Waals surface area contributed by atoms with Gasteiger partial charge in [-0.3, -0.25) is 0 Å². The summed E-state index contributed by atoms with van der Waals surface area (Å²) in [5, 5.41) is 12.2. The van der Waals surface area contributed by atoms with Crippen molar-refractivity contribution in [2.75, 3.05) is 0 Å². The fraction of sp³-hybridized carbons (Fsp3) is 0. The van der Waals surface area contributed by atoms with Crippen molar-refractivity contribution in [3.63, 3.8) is 0 Å². The molecule has 0 radical (unpaired) electrons. The van der Waals surface area contributed by atoms with E-state index in [4.69, 9.17) is 5.21 Å². The van der Waals surface area contributed by atoms with Gasteiger partial charge in [-0.15, -0.1) is 0 Å². The lowest BCUT2D eigenvalue weighted by Crippen LogP contribution is -1.85. The minimum absolute atomic E-state index is 0.778. The summed E-state index contributed by atoms with van der Waals surface area (Å²) in [5.74, 6) is 0. The molecule has 1 aromatic heterocycles. The first kappa shape index (κ1) is 10.7. The molecule has 1 heterocycles. The van der Waals surface area contributed by atoms with Gasteiger partial charge in [0, 0.05) is 16.7 Å². The molecule has 2 rings (SSSR count). The molecule has 16 heavy (non-hydrogen) atoms. The third-order valence-electron chi connectivity index (χ3n) is 1.93. The van der Waals surface area contributed by atoms with Gasteiger partial charge < -0.3 is 5.21 Å². The summed E-state index contributed by atoms with van der Waals surface area (Å²) in [7, 11) is 0. The predicted octanol–water partition coefficient (Wildman–Crippen LogP) is 3.04. The third-order valence-corrected chi connectivity index (χ3v) is 2.89. The molecule has 0 aliphatic rings. The monoisotopic (exact) mass is 230 g/mol. The largest absolute Gasteiger partial charge is 0.411 e. The molecule has 1 aromatic carbocycles. The second-order valence-electron chi connectivity index (χ2n) is 3.09. The van der Waals surface area contributed by atoms with E-state index >= 15 is 0 Å². The molecule has 0 saturated carbocycles. The van der Waals surface area contributed by atoms with Gasteiger partial charge in [0.1, 0.15) is 5.03 Å². The van der Waals surface area contributed by atoms with Crippen LogP contribution in [0.5, 0.6) is 0 Å². The molecule has 0 bridgehead atoms. The summed E-state index contributed by atoms with van der Waals surface area (Å²) in [6, 6.07) is 13.8. The number of aromatic nitrogens is 1. The molecule has 0 amide bonds. The van der Waals surface area contributed by atoms with Crippen LogP contribution >= 0.6 is 11.8 Å². The first-order valence-electron chi connectivity index (χ1n) is 4.75. The minimum Gasteiger partial charge on any atom is -0.411 e. The van der Waals surface area contributed by atoms with E-state index in [0.29, 0.717) is 0 Å². The highest BCUT2D eigenvalue weighted by molar-refractivity contribution is 7.99. The Morgan fingerprint density at radius 1 is 1.12 bits per heavy atom. The average molecular weight is 230 g/mol. The summed E-state index contributed by atoms with van der Waals surface area (Å²) in [5.41, 5.74) is 0.778. The number of hydrogen-bond acceptors (Lipinski definition) is 4. The minimum atomic E-state index is 0.778. The molecule has 0 aliphatic carbocycles. The van der Waals surface area contributed by atoms with Crippen molar-refractivity contribution in [1.29, 1.82) is 0 Å². The summed E-state index contributed by atoms with van der Waals surface area (Å²) < 4.78 is 0. The lowest BCUT2D eigenvalue weighted by atomic mass is 10.3. The highest BCUT2D eigenvalue weighted by Gasteiger charge is 1.97. The lowest BCUT2D eigenvalue weighted by Gasteiger charge is -2.00. The molecule has 2 aromatic rings. The number of rotatable bonds is 3. The van der Waals surface area contributed by atoms with Crippen molar-refractivity contribution in [2.24, 2.45) is 5.16 Å². The smallest absolute Gasteiger partial charge is 0.101 e. The van der Waals surface area contributed by atoms with Crippen molar-refractivity contribution < 1.29 is 5.21 Å². The Kier molecular flexibility index (Phi) is 3.56. The van der Waals surface area contributed by atoms with Crippen LogP contribution in [0.2, 0.25) is 0 Å². The van der Waals surface area contributed by atoms with E-state index in [2.05, 4.69) is 10.1 Å². The van der Waals surface area contributed by atoms with Gasteiger partial charge in [-0.05, 0) is 24.3 Å². The number of pyridine rings is 1. The Hall–Kier alpha value is -1.81. The molecular weight excluding hydrogens is 220 g/mol.